The summed E-state index contributed by atoms with van der Waals surface area (Å²) in [7, 11) is -3.98. The normalized spacial score (nSPS) is 19.6. The highest BCUT2D eigenvalue weighted by atomic mass is 32.2. The van der Waals surface area contributed by atoms with Crippen molar-refractivity contribution in [2.24, 2.45) is 5.92 Å². The number of aldehydes is 1. The quantitative estimate of drug-likeness (QED) is 0.232. The first-order valence-electron chi connectivity index (χ1n) is 8.72. The number of sulfonamides is 1. The number of non-ortho nitro benzene ring substituents is 1. The van der Waals surface area contributed by atoms with E-state index in [0.29, 0.717) is 17.7 Å². The van der Waals surface area contributed by atoms with Crippen molar-refractivity contribution in [3.8, 4) is 5.75 Å². The van der Waals surface area contributed by atoms with Gasteiger partial charge in [-0.3, -0.25) is 14.9 Å². The Hall–Kier alpha value is -3.11. The van der Waals surface area contributed by atoms with Gasteiger partial charge < -0.3 is 9.53 Å². The Morgan fingerprint density at radius 2 is 1.79 bits per heavy atom. The molecule has 2 aromatic rings. The maximum atomic E-state index is 13.1. The molecule has 29 heavy (non-hydrogen) atoms. The van der Waals surface area contributed by atoms with Crippen molar-refractivity contribution >= 4 is 28.0 Å². The van der Waals surface area contributed by atoms with Crippen LogP contribution in [0.25, 0.3) is 0 Å². The minimum atomic E-state index is -3.98. The van der Waals surface area contributed by atoms with Crippen LogP contribution in [0.1, 0.15) is 24.9 Å². The molecule has 9 nitrogen and oxygen atoms in total. The molecule has 2 atom stereocenters. The molecule has 1 fully saturated rings. The first kappa shape index (κ1) is 20.6. The van der Waals surface area contributed by atoms with E-state index in [0.717, 1.165) is 18.4 Å². The number of carbonyl (C=O) groups excluding carboxylic acids is 2. The Bertz CT molecular complexity index is 1030. The summed E-state index contributed by atoms with van der Waals surface area (Å²) < 4.78 is 32.5. The molecule has 0 radical (unpaired) electrons. The smallest absolute Gasteiger partial charge is 0.308 e. The number of benzene rings is 2. The Morgan fingerprint density at radius 1 is 1.17 bits per heavy atom. The van der Waals surface area contributed by atoms with Gasteiger partial charge in [0.25, 0.3) is 5.69 Å². The number of hydrogen-bond donors (Lipinski definition) is 0. The molecule has 0 aliphatic carbocycles. The van der Waals surface area contributed by atoms with E-state index in [-0.39, 0.29) is 17.1 Å². The van der Waals surface area contributed by atoms with Crippen molar-refractivity contribution in [3.05, 3.63) is 64.2 Å². The fourth-order valence-corrected chi connectivity index (χ4v) is 4.98. The Kier molecular flexibility index (Phi) is 5.76. The molecule has 0 N–H and O–H groups in total. The monoisotopic (exact) mass is 418 g/mol. The Morgan fingerprint density at radius 3 is 2.31 bits per heavy atom. The molecule has 1 saturated heterocycles. The molecule has 0 bridgehead atoms. The van der Waals surface area contributed by atoms with Gasteiger partial charge in [-0.1, -0.05) is 12.1 Å². The van der Waals surface area contributed by atoms with Crippen LogP contribution in [0.5, 0.6) is 5.75 Å². The van der Waals surface area contributed by atoms with Crippen molar-refractivity contribution in [1.82, 2.24) is 4.31 Å². The third-order valence-corrected chi connectivity index (χ3v) is 6.55. The van der Waals surface area contributed by atoms with Crippen LogP contribution < -0.4 is 4.74 Å². The maximum absolute atomic E-state index is 13.1. The average Bonchev–Trinajstić information content (AvgIpc) is 3.13. The van der Waals surface area contributed by atoms with Crippen LogP contribution in [0.4, 0.5) is 5.69 Å². The number of nitro groups is 1. The number of rotatable bonds is 6. The van der Waals surface area contributed by atoms with Gasteiger partial charge in [0.2, 0.25) is 10.0 Å². The highest BCUT2D eigenvalue weighted by Crippen LogP contribution is 2.39. The van der Waals surface area contributed by atoms with Crippen LogP contribution in [0.15, 0.2) is 53.4 Å². The van der Waals surface area contributed by atoms with Crippen molar-refractivity contribution < 1.29 is 27.7 Å². The van der Waals surface area contributed by atoms with Crippen LogP contribution in [0, 0.1) is 16.0 Å². The standard InChI is InChI=1S/C19H18N2O7S/c1-13(23)28-17-6-2-15(3-7-17)19-10-14(12-22)11-20(19)29(26,27)18-8-4-16(5-9-18)21(24)25/h2-9,12,14,19H,10-11H2,1H3/t14-,19-/m1/s1. The van der Waals surface area contributed by atoms with Crippen LogP contribution in [0.2, 0.25) is 0 Å². The minimum Gasteiger partial charge on any atom is -0.427 e. The van der Waals surface area contributed by atoms with E-state index in [1.807, 2.05) is 0 Å². The van der Waals surface area contributed by atoms with E-state index in [1.165, 1.54) is 23.4 Å². The first-order chi connectivity index (χ1) is 13.7. The highest BCUT2D eigenvalue weighted by Gasteiger charge is 2.41. The summed E-state index contributed by atoms with van der Waals surface area (Å²) >= 11 is 0. The summed E-state index contributed by atoms with van der Waals surface area (Å²) in [6.07, 6.45) is 1.04. The largest absolute Gasteiger partial charge is 0.427 e. The molecular weight excluding hydrogens is 400 g/mol. The topological polar surface area (TPSA) is 124 Å². The van der Waals surface area contributed by atoms with Crippen molar-refractivity contribution in [2.45, 2.75) is 24.3 Å². The molecule has 1 heterocycles. The zero-order chi connectivity index (χ0) is 21.2. The van der Waals surface area contributed by atoms with E-state index >= 15 is 0 Å². The van der Waals surface area contributed by atoms with Gasteiger partial charge in [-0.15, -0.1) is 0 Å². The molecule has 0 unspecified atom stereocenters. The molecule has 0 spiro atoms. The Balaban J connectivity index is 1.93. The SMILES string of the molecule is CC(=O)Oc1ccc([C@H]2C[C@@H](C=O)CN2S(=O)(=O)c2ccc([N+](=O)[O-])cc2)cc1. The van der Waals surface area contributed by atoms with E-state index in [9.17, 15) is 28.1 Å². The summed E-state index contributed by atoms with van der Waals surface area (Å²) in [4.78, 5) is 32.5. The van der Waals surface area contributed by atoms with E-state index in [2.05, 4.69) is 0 Å². The lowest BCUT2D eigenvalue weighted by molar-refractivity contribution is -0.384. The summed E-state index contributed by atoms with van der Waals surface area (Å²) in [5.74, 6) is -0.612. The lowest BCUT2D eigenvalue weighted by atomic mass is 10.0. The third-order valence-electron chi connectivity index (χ3n) is 4.66. The summed E-state index contributed by atoms with van der Waals surface area (Å²) in [5.41, 5.74) is 0.435. The van der Waals surface area contributed by atoms with E-state index < -0.39 is 32.9 Å². The molecule has 3 rings (SSSR count). The first-order valence-corrected chi connectivity index (χ1v) is 10.2. The number of nitro benzene ring substituents is 1. The van der Waals surface area contributed by atoms with Gasteiger partial charge in [0.15, 0.2) is 0 Å². The molecule has 152 valence electrons. The van der Waals surface area contributed by atoms with Crippen molar-refractivity contribution in [2.75, 3.05) is 6.54 Å². The van der Waals surface area contributed by atoms with Crippen LogP contribution >= 0.6 is 0 Å². The lowest BCUT2D eigenvalue weighted by Gasteiger charge is -2.24. The zero-order valence-electron chi connectivity index (χ0n) is 15.4. The molecule has 0 saturated carbocycles. The van der Waals surface area contributed by atoms with Gasteiger partial charge in [-0.25, -0.2) is 8.42 Å². The fraction of sp³-hybridized carbons (Fsp3) is 0.263. The van der Waals surface area contributed by atoms with Crippen molar-refractivity contribution in [1.29, 1.82) is 0 Å². The number of carbonyl (C=O) groups is 2. The van der Waals surface area contributed by atoms with E-state index in [4.69, 9.17) is 4.74 Å². The van der Waals surface area contributed by atoms with Crippen LogP contribution in [0.3, 0.4) is 0 Å². The lowest BCUT2D eigenvalue weighted by Crippen LogP contribution is -2.31. The van der Waals surface area contributed by atoms with Gasteiger partial charge in [0, 0.05) is 31.5 Å². The van der Waals surface area contributed by atoms with Gasteiger partial charge in [0.05, 0.1) is 15.9 Å². The predicted octanol–water partition coefficient (Wildman–Crippen LogP) is 2.47. The summed E-state index contributed by atoms with van der Waals surface area (Å²) in [5, 5.41) is 10.8. The maximum Gasteiger partial charge on any atom is 0.308 e. The van der Waals surface area contributed by atoms with Crippen LogP contribution in [-0.2, 0) is 19.6 Å². The molecule has 10 heteroatoms. The Labute approximate surface area is 167 Å². The van der Waals surface area contributed by atoms with Gasteiger partial charge >= 0.3 is 5.97 Å². The number of nitrogens with zero attached hydrogens (tertiary/aromatic N) is 2. The zero-order valence-corrected chi connectivity index (χ0v) is 16.2. The number of hydrogen-bond acceptors (Lipinski definition) is 7. The second-order valence-corrected chi connectivity index (χ2v) is 8.53. The highest BCUT2D eigenvalue weighted by molar-refractivity contribution is 7.89. The van der Waals surface area contributed by atoms with Gasteiger partial charge in [-0.05, 0) is 36.2 Å². The molecular formula is C19H18N2O7S. The number of ether oxygens (including phenoxy) is 1. The number of esters is 1. The third kappa shape index (κ3) is 4.33. The average molecular weight is 418 g/mol. The predicted molar refractivity (Wildman–Crippen MR) is 102 cm³/mol. The van der Waals surface area contributed by atoms with Crippen molar-refractivity contribution in [3.63, 3.8) is 0 Å². The summed E-state index contributed by atoms with van der Waals surface area (Å²) in [6, 6.07) is 10.4. The molecule has 1 aliphatic heterocycles. The van der Waals surface area contributed by atoms with E-state index in [1.54, 1.807) is 24.3 Å². The van der Waals surface area contributed by atoms with Crippen LogP contribution in [-0.4, -0.2) is 36.4 Å². The molecule has 0 amide bonds. The molecule has 2 aromatic carbocycles. The fourth-order valence-electron chi connectivity index (χ4n) is 3.30. The van der Waals surface area contributed by atoms with Gasteiger partial charge in [-0.2, -0.15) is 4.31 Å². The minimum absolute atomic E-state index is 0.0131. The second-order valence-electron chi connectivity index (χ2n) is 6.64. The second kappa shape index (κ2) is 8.10. The molecule has 1 aliphatic rings. The van der Waals surface area contributed by atoms with Gasteiger partial charge in [0.1, 0.15) is 12.0 Å². The summed E-state index contributed by atoms with van der Waals surface area (Å²) in [6.45, 7) is 1.29. The molecule has 0 aromatic heterocycles.